The highest BCUT2D eigenvalue weighted by Crippen LogP contribution is 2.11. The Hall–Kier alpha value is -1.30. The zero-order chi connectivity index (χ0) is 15.2. The van der Waals surface area contributed by atoms with E-state index in [1.807, 2.05) is 6.92 Å². The number of ether oxygens (including phenoxy) is 1. The monoisotopic (exact) mass is 274 g/mol. The summed E-state index contributed by atoms with van der Waals surface area (Å²) in [5.41, 5.74) is -0.647. The predicted octanol–water partition coefficient (Wildman–Crippen LogP) is 1.69. The zero-order valence-electron chi connectivity index (χ0n) is 12.7. The van der Waals surface area contributed by atoms with Crippen molar-refractivity contribution in [1.82, 2.24) is 10.2 Å². The number of hydrogen-bond donors (Lipinski definition) is 2. The fraction of sp³-hybridized carbons (Fsp3) is 0.846. The number of carboxylic acid groups (broad SMARTS) is 1. The van der Waals surface area contributed by atoms with Gasteiger partial charge in [-0.05, 0) is 41.3 Å². The molecule has 0 aliphatic carbocycles. The van der Waals surface area contributed by atoms with Crippen molar-refractivity contribution in [2.75, 3.05) is 14.1 Å². The van der Waals surface area contributed by atoms with Gasteiger partial charge in [0.15, 0.2) is 0 Å². The maximum absolute atomic E-state index is 11.7. The van der Waals surface area contributed by atoms with Crippen LogP contribution in [-0.4, -0.2) is 53.8 Å². The van der Waals surface area contributed by atoms with Crippen LogP contribution in [0.3, 0.4) is 0 Å². The number of amides is 1. The van der Waals surface area contributed by atoms with Gasteiger partial charge in [-0.3, -0.25) is 0 Å². The average Bonchev–Trinajstić information content (AvgIpc) is 2.19. The topological polar surface area (TPSA) is 78.9 Å². The van der Waals surface area contributed by atoms with Crippen molar-refractivity contribution in [1.29, 1.82) is 0 Å². The van der Waals surface area contributed by atoms with E-state index in [1.165, 1.54) is 0 Å². The number of carboxylic acids is 1. The van der Waals surface area contributed by atoms with Gasteiger partial charge in [-0.1, -0.05) is 13.3 Å². The molecule has 6 nitrogen and oxygen atoms in total. The lowest BCUT2D eigenvalue weighted by molar-refractivity contribution is -0.141. The zero-order valence-corrected chi connectivity index (χ0v) is 12.7. The van der Waals surface area contributed by atoms with Crippen molar-refractivity contribution in [3.8, 4) is 0 Å². The minimum absolute atomic E-state index is 0.269. The van der Waals surface area contributed by atoms with Crippen molar-refractivity contribution < 1.29 is 19.4 Å². The van der Waals surface area contributed by atoms with E-state index in [1.54, 1.807) is 39.8 Å². The number of alkyl carbamates (subject to hydrolysis) is 1. The van der Waals surface area contributed by atoms with Crippen LogP contribution in [-0.2, 0) is 9.53 Å². The fourth-order valence-electron chi connectivity index (χ4n) is 1.78. The summed E-state index contributed by atoms with van der Waals surface area (Å²) >= 11 is 0. The number of aliphatic carboxylic acids is 1. The second-order valence-electron chi connectivity index (χ2n) is 5.78. The number of likely N-dealkylation sites (N-methyl/N-ethyl adjacent to an activating group) is 1. The largest absolute Gasteiger partial charge is 0.480 e. The van der Waals surface area contributed by atoms with Crippen molar-refractivity contribution in [3.63, 3.8) is 0 Å². The Labute approximate surface area is 115 Å². The Kier molecular flexibility index (Phi) is 6.83. The molecule has 0 aromatic rings. The van der Waals surface area contributed by atoms with E-state index in [2.05, 4.69) is 5.32 Å². The molecule has 0 aliphatic rings. The van der Waals surface area contributed by atoms with Gasteiger partial charge in [-0.15, -0.1) is 0 Å². The van der Waals surface area contributed by atoms with Crippen molar-refractivity contribution in [3.05, 3.63) is 0 Å². The molecule has 1 unspecified atom stereocenters. The summed E-state index contributed by atoms with van der Waals surface area (Å²) in [7, 11) is 3.60. The number of carbonyl (C=O) groups is 2. The van der Waals surface area contributed by atoms with E-state index in [0.717, 1.165) is 6.42 Å². The first kappa shape index (κ1) is 17.7. The minimum Gasteiger partial charge on any atom is -0.480 e. The average molecular weight is 274 g/mol. The Morgan fingerprint density at radius 1 is 1.32 bits per heavy atom. The molecule has 0 bridgehead atoms. The normalized spacial score (nSPS) is 14.9. The van der Waals surface area contributed by atoms with Crippen molar-refractivity contribution in [2.45, 2.75) is 58.2 Å². The van der Waals surface area contributed by atoms with Gasteiger partial charge >= 0.3 is 12.1 Å². The van der Waals surface area contributed by atoms with E-state index >= 15 is 0 Å². The Morgan fingerprint density at radius 2 is 1.84 bits per heavy atom. The van der Waals surface area contributed by atoms with Crippen LogP contribution in [0.25, 0.3) is 0 Å². The van der Waals surface area contributed by atoms with E-state index in [-0.39, 0.29) is 6.04 Å². The third kappa shape index (κ3) is 7.00. The molecular weight excluding hydrogens is 248 g/mol. The lowest BCUT2D eigenvalue weighted by Crippen LogP contribution is -2.54. The molecule has 0 rings (SSSR count). The quantitative estimate of drug-likeness (QED) is 0.770. The smallest absolute Gasteiger partial charge is 0.408 e. The minimum atomic E-state index is -1.06. The first-order valence-corrected chi connectivity index (χ1v) is 6.47. The molecular formula is C13H26N2O4. The van der Waals surface area contributed by atoms with Gasteiger partial charge in [0.2, 0.25) is 0 Å². The van der Waals surface area contributed by atoms with E-state index in [0.29, 0.717) is 6.42 Å². The third-order valence-corrected chi connectivity index (χ3v) is 2.57. The van der Waals surface area contributed by atoms with E-state index in [9.17, 15) is 14.7 Å². The Morgan fingerprint density at radius 3 is 2.16 bits per heavy atom. The summed E-state index contributed by atoms with van der Waals surface area (Å²) in [6.07, 6.45) is 0.811. The molecule has 0 saturated carbocycles. The molecule has 0 spiro atoms. The Balaban J connectivity index is 4.81. The van der Waals surface area contributed by atoms with Crippen LogP contribution in [0, 0.1) is 0 Å². The number of carbonyl (C=O) groups excluding carboxylic acids is 1. The second-order valence-corrected chi connectivity index (χ2v) is 5.78. The lowest BCUT2D eigenvalue weighted by Gasteiger charge is -2.30. The molecule has 0 saturated heterocycles. The first-order valence-electron chi connectivity index (χ1n) is 6.47. The summed E-state index contributed by atoms with van der Waals surface area (Å²) in [6.45, 7) is 7.18. The van der Waals surface area contributed by atoms with Crippen LogP contribution >= 0.6 is 0 Å². The number of hydrogen-bond acceptors (Lipinski definition) is 4. The molecule has 6 heteroatoms. The molecule has 0 aromatic carbocycles. The SMILES string of the molecule is CCCC([C@H](NC(=O)OC(C)(C)C)C(=O)O)N(C)C. The van der Waals surface area contributed by atoms with Crippen LogP contribution in [0.5, 0.6) is 0 Å². The molecule has 0 aliphatic heterocycles. The fourth-order valence-corrected chi connectivity index (χ4v) is 1.78. The number of rotatable bonds is 6. The van der Waals surface area contributed by atoms with Gasteiger partial charge in [0.05, 0.1) is 0 Å². The summed E-state index contributed by atoms with van der Waals surface area (Å²) in [5, 5.41) is 11.7. The van der Waals surface area contributed by atoms with Gasteiger partial charge in [0, 0.05) is 6.04 Å². The molecule has 112 valence electrons. The van der Waals surface area contributed by atoms with Gasteiger partial charge < -0.3 is 20.1 Å². The second kappa shape index (κ2) is 7.33. The van der Waals surface area contributed by atoms with Crippen LogP contribution in [0.4, 0.5) is 4.79 Å². The summed E-state index contributed by atoms with van der Waals surface area (Å²) in [6, 6.07) is -1.25. The first-order chi connectivity index (χ1) is 8.58. The predicted molar refractivity (Wildman–Crippen MR) is 73.2 cm³/mol. The van der Waals surface area contributed by atoms with Crippen molar-refractivity contribution >= 4 is 12.1 Å². The highest BCUT2D eigenvalue weighted by Gasteiger charge is 2.32. The van der Waals surface area contributed by atoms with E-state index in [4.69, 9.17) is 4.74 Å². The molecule has 0 aromatic heterocycles. The maximum atomic E-state index is 11.7. The summed E-state index contributed by atoms with van der Waals surface area (Å²) < 4.78 is 5.09. The van der Waals surface area contributed by atoms with Crippen LogP contribution < -0.4 is 5.32 Å². The molecule has 2 N–H and O–H groups in total. The maximum Gasteiger partial charge on any atom is 0.408 e. The van der Waals surface area contributed by atoms with Gasteiger partial charge in [0.1, 0.15) is 11.6 Å². The summed E-state index contributed by atoms with van der Waals surface area (Å²) in [4.78, 5) is 24.8. The van der Waals surface area contributed by atoms with Crippen molar-refractivity contribution in [2.24, 2.45) is 0 Å². The van der Waals surface area contributed by atoms with Crippen LogP contribution in [0.2, 0.25) is 0 Å². The Bertz CT molecular complexity index is 310. The standard InChI is InChI=1S/C13H26N2O4/c1-7-8-9(15(5)6)10(11(16)17)14-12(18)19-13(2,3)4/h9-10H,7-8H2,1-6H3,(H,14,18)(H,16,17)/t9?,10-/m0/s1. The molecule has 0 radical (unpaired) electrons. The lowest BCUT2D eigenvalue weighted by atomic mass is 10.0. The summed E-state index contributed by atoms with van der Waals surface area (Å²) in [5.74, 6) is -1.06. The molecule has 0 heterocycles. The van der Waals surface area contributed by atoms with Gasteiger partial charge in [-0.2, -0.15) is 0 Å². The van der Waals surface area contributed by atoms with Gasteiger partial charge in [0.25, 0.3) is 0 Å². The van der Waals surface area contributed by atoms with Crippen LogP contribution in [0.15, 0.2) is 0 Å². The molecule has 2 atom stereocenters. The number of nitrogens with zero attached hydrogens (tertiary/aromatic N) is 1. The third-order valence-electron chi connectivity index (χ3n) is 2.57. The van der Waals surface area contributed by atoms with E-state index < -0.39 is 23.7 Å². The highest BCUT2D eigenvalue weighted by atomic mass is 16.6. The molecule has 19 heavy (non-hydrogen) atoms. The molecule has 0 fully saturated rings. The highest BCUT2D eigenvalue weighted by molar-refractivity contribution is 5.80. The molecule has 1 amide bonds. The number of nitrogens with one attached hydrogen (secondary N) is 1. The van der Waals surface area contributed by atoms with Crippen LogP contribution in [0.1, 0.15) is 40.5 Å². The van der Waals surface area contributed by atoms with Gasteiger partial charge in [-0.25, -0.2) is 9.59 Å².